The summed E-state index contributed by atoms with van der Waals surface area (Å²) in [6, 6.07) is 9.77. The van der Waals surface area contributed by atoms with Crippen molar-refractivity contribution < 1.29 is 9.53 Å². The van der Waals surface area contributed by atoms with Gasteiger partial charge in [-0.05, 0) is 44.3 Å². The SMILES string of the molecule is COc1ccc(CCC(=O)N[C@@H]2CN(c3ncccn3)C[C@H]2CN(C)C)cc1. The lowest BCUT2D eigenvalue weighted by atomic mass is 10.0. The minimum absolute atomic E-state index is 0.0837. The Balaban J connectivity index is 1.57. The third kappa shape index (κ3) is 5.42. The van der Waals surface area contributed by atoms with Gasteiger partial charge in [-0.1, -0.05) is 12.1 Å². The molecule has 2 aromatic rings. The number of hydrogen-bond donors (Lipinski definition) is 1. The van der Waals surface area contributed by atoms with Gasteiger partial charge in [0, 0.05) is 44.4 Å². The Bertz CT molecular complexity index is 751. The summed E-state index contributed by atoms with van der Waals surface area (Å²) in [5.74, 6) is 1.97. The van der Waals surface area contributed by atoms with E-state index in [0.717, 1.165) is 36.9 Å². The zero-order valence-corrected chi connectivity index (χ0v) is 16.8. The third-order valence-corrected chi connectivity index (χ3v) is 5.02. The minimum atomic E-state index is 0.0837. The number of nitrogens with one attached hydrogen (secondary N) is 1. The van der Waals surface area contributed by atoms with E-state index in [1.54, 1.807) is 19.5 Å². The molecule has 0 unspecified atom stereocenters. The van der Waals surface area contributed by atoms with E-state index in [1.807, 2.05) is 30.3 Å². The first-order valence-electron chi connectivity index (χ1n) is 9.64. The first kappa shape index (κ1) is 20.1. The summed E-state index contributed by atoms with van der Waals surface area (Å²) in [4.78, 5) is 25.6. The van der Waals surface area contributed by atoms with Gasteiger partial charge in [-0.2, -0.15) is 0 Å². The maximum atomic E-state index is 12.6. The maximum absolute atomic E-state index is 12.6. The first-order chi connectivity index (χ1) is 13.5. The Labute approximate surface area is 166 Å². The van der Waals surface area contributed by atoms with Crippen molar-refractivity contribution in [3.8, 4) is 5.75 Å². The van der Waals surface area contributed by atoms with Gasteiger partial charge in [-0.3, -0.25) is 4.79 Å². The van der Waals surface area contributed by atoms with Crippen LogP contribution in [0.5, 0.6) is 5.75 Å². The van der Waals surface area contributed by atoms with Crippen molar-refractivity contribution in [1.82, 2.24) is 20.2 Å². The molecule has 0 aliphatic carbocycles. The van der Waals surface area contributed by atoms with E-state index >= 15 is 0 Å². The van der Waals surface area contributed by atoms with E-state index in [9.17, 15) is 4.79 Å². The number of benzene rings is 1. The molecule has 150 valence electrons. The van der Waals surface area contributed by atoms with E-state index in [-0.39, 0.29) is 11.9 Å². The van der Waals surface area contributed by atoms with Gasteiger partial charge in [0.05, 0.1) is 13.2 Å². The van der Waals surface area contributed by atoms with Crippen LogP contribution in [0.3, 0.4) is 0 Å². The van der Waals surface area contributed by atoms with Gasteiger partial charge in [0.25, 0.3) is 0 Å². The third-order valence-electron chi connectivity index (χ3n) is 5.02. The van der Waals surface area contributed by atoms with Gasteiger partial charge in [0.15, 0.2) is 0 Å². The lowest BCUT2D eigenvalue weighted by Gasteiger charge is -2.22. The molecule has 0 spiro atoms. The van der Waals surface area contributed by atoms with Crippen molar-refractivity contribution in [1.29, 1.82) is 0 Å². The number of aromatic nitrogens is 2. The molecule has 1 amide bonds. The van der Waals surface area contributed by atoms with Crippen molar-refractivity contribution in [2.24, 2.45) is 5.92 Å². The fourth-order valence-electron chi connectivity index (χ4n) is 3.64. The quantitative estimate of drug-likeness (QED) is 0.747. The standard InChI is InChI=1S/C21H29N5O2/c1-25(2)13-17-14-26(21-22-11-4-12-23-21)15-19(17)24-20(27)10-7-16-5-8-18(28-3)9-6-16/h4-6,8-9,11-12,17,19H,7,10,13-15H2,1-3H3,(H,24,27)/t17-,19-/m1/s1. The smallest absolute Gasteiger partial charge is 0.225 e. The van der Waals surface area contributed by atoms with Crippen LogP contribution < -0.4 is 15.0 Å². The first-order valence-corrected chi connectivity index (χ1v) is 9.64. The maximum Gasteiger partial charge on any atom is 0.225 e. The molecule has 7 nitrogen and oxygen atoms in total. The molecule has 0 saturated carbocycles. The minimum Gasteiger partial charge on any atom is -0.497 e. The molecule has 0 radical (unpaired) electrons. The lowest BCUT2D eigenvalue weighted by Crippen LogP contribution is -2.43. The molecule has 1 saturated heterocycles. The lowest BCUT2D eigenvalue weighted by molar-refractivity contribution is -0.121. The number of carbonyl (C=O) groups excluding carboxylic acids is 1. The van der Waals surface area contributed by atoms with Crippen LogP contribution in [0, 0.1) is 5.92 Å². The number of carbonyl (C=O) groups is 1. The number of anilines is 1. The Morgan fingerprint density at radius 2 is 1.93 bits per heavy atom. The van der Waals surface area contributed by atoms with Crippen LogP contribution in [0.1, 0.15) is 12.0 Å². The summed E-state index contributed by atoms with van der Waals surface area (Å²) < 4.78 is 5.18. The number of methoxy groups -OCH3 is 1. The van der Waals surface area contributed by atoms with Crippen LogP contribution in [-0.2, 0) is 11.2 Å². The molecule has 1 N–H and O–H groups in total. The fraction of sp³-hybridized carbons (Fsp3) is 0.476. The second-order valence-corrected chi connectivity index (χ2v) is 7.50. The molecule has 2 atom stereocenters. The van der Waals surface area contributed by atoms with Gasteiger partial charge < -0.3 is 19.9 Å². The molecule has 2 heterocycles. The summed E-state index contributed by atoms with van der Waals surface area (Å²) in [6.45, 7) is 2.48. The predicted molar refractivity (Wildman–Crippen MR) is 110 cm³/mol. The van der Waals surface area contributed by atoms with Crippen LogP contribution >= 0.6 is 0 Å². The Morgan fingerprint density at radius 3 is 2.57 bits per heavy atom. The van der Waals surface area contributed by atoms with Crippen molar-refractivity contribution in [2.45, 2.75) is 18.9 Å². The fourth-order valence-corrected chi connectivity index (χ4v) is 3.64. The van der Waals surface area contributed by atoms with E-state index < -0.39 is 0 Å². The average molecular weight is 383 g/mol. The van der Waals surface area contributed by atoms with Crippen molar-refractivity contribution >= 4 is 11.9 Å². The Morgan fingerprint density at radius 1 is 1.21 bits per heavy atom. The number of nitrogens with zero attached hydrogens (tertiary/aromatic N) is 4. The van der Waals surface area contributed by atoms with Crippen molar-refractivity contribution in [2.75, 3.05) is 45.7 Å². The zero-order valence-electron chi connectivity index (χ0n) is 16.8. The molecule has 1 aliphatic rings. The summed E-state index contributed by atoms with van der Waals surface area (Å²) in [5.41, 5.74) is 1.13. The molecule has 1 aromatic carbocycles. The molecule has 3 rings (SSSR count). The van der Waals surface area contributed by atoms with Crippen LogP contribution in [0.4, 0.5) is 5.95 Å². The summed E-state index contributed by atoms with van der Waals surface area (Å²) >= 11 is 0. The van der Waals surface area contributed by atoms with Crippen LogP contribution in [0.15, 0.2) is 42.7 Å². The van der Waals surface area contributed by atoms with Crippen LogP contribution in [0.2, 0.25) is 0 Å². The average Bonchev–Trinajstić information content (AvgIpc) is 3.09. The number of rotatable bonds is 8. The monoisotopic (exact) mass is 383 g/mol. The number of aryl methyl sites for hydroxylation is 1. The molecule has 7 heteroatoms. The molecular weight excluding hydrogens is 354 g/mol. The highest BCUT2D eigenvalue weighted by atomic mass is 16.5. The van der Waals surface area contributed by atoms with E-state index in [2.05, 4.69) is 39.2 Å². The Kier molecular flexibility index (Phi) is 6.81. The molecular formula is C21H29N5O2. The van der Waals surface area contributed by atoms with Gasteiger partial charge in [0.2, 0.25) is 11.9 Å². The molecule has 28 heavy (non-hydrogen) atoms. The van der Waals surface area contributed by atoms with Gasteiger partial charge >= 0.3 is 0 Å². The number of amides is 1. The number of ether oxygens (including phenoxy) is 1. The van der Waals surface area contributed by atoms with Gasteiger partial charge in [-0.15, -0.1) is 0 Å². The molecule has 0 bridgehead atoms. The summed E-state index contributed by atoms with van der Waals surface area (Å²) in [6.07, 6.45) is 4.69. The highest BCUT2D eigenvalue weighted by Gasteiger charge is 2.35. The van der Waals surface area contributed by atoms with Crippen LogP contribution in [-0.4, -0.2) is 67.7 Å². The second kappa shape index (κ2) is 9.50. The van der Waals surface area contributed by atoms with Crippen molar-refractivity contribution in [3.63, 3.8) is 0 Å². The molecule has 1 aromatic heterocycles. The zero-order chi connectivity index (χ0) is 19.9. The van der Waals surface area contributed by atoms with Crippen LogP contribution in [0.25, 0.3) is 0 Å². The number of hydrogen-bond acceptors (Lipinski definition) is 6. The molecule has 1 fully saturated rings. The van der Waals surface area contributed by atoms with Gasteiger partial charge in [-0.25, -0.2) is 9.97 Å². The largest absolute Gasteiger partial charge is 0.497 e. The van der Waals surface area contributed by atoms with E-state index in [1.165, 1.54) is 0 Å². The van der Waals surface area contributed by atoms with Gasteiger partial charge in [0.1, 0.15) is 5.75 Å². The second-order valence-electron chi connectivity index (χ2n) is 7.50. The van der Waals surface area contributed by atoms with E-state index in [0.29, 0.717) is 18.8 Å². The molecule has 1 aliphatic heterocycles. The van der Waals surface area contributed by atoms with E-state index in [4.69, 9.17) is 4.74 Å². The predicted octanol–water partition coefficient (Wildman–Crippen LogP) is 1.60. The Hall–Kier alpha value is -2.67. The topological polar surface area (TPSA) is 70.6 Å². The highest BCUT2D eigenvalue weighted by Crippen LogP contribution is 2.22. The summed E-state index contributed by atoms with van der Waals surface area (Å²) in [7, 11) is 5.77. The summed E-state index contributed by atoms with van der Waals surface area (Å²) in [5, 5.41) is 3.24. The highest BCUT2D eigenvalue weighted by molar-refractivity contribution is 5.76. The normalized spacial score (nSPS) is 19.1. The van der Waals surface area contributed by atoms with Crippen molar-refractivity contribution in [3.05, 3.63) is 48.3 Å².